The fraction of sp³-hybridized carbons (Fsp3) is 0.143. The normalized spacial score (nSPS) is 11.4. The van der Waals surface area contributed by atoms with Gasteiger partial charge in [-0.1, -0.05) is 33.6 Å². The van der Waals surface area contributed by atoms with Gasteiger partial charge in [-0.3, -0.25) is 4.72 Å². The van der Waals surface area contributed by atoms with Gasteiger partial charge in [0.1, 0.15) is 4.90 Å². The molecule has 0 aromatic heterocycles. The van der Waals surface area contributed by atoms with Gasteiger partial charge in [-0.25, -0.2) is 8.42 Å². The van der Waals surface area contributed by atoms with Gasteiger partial charge in [-0.15, -0.1) is 0 Å². The Labute approximate surface area is 135 Å². The molecule has 0 radical (unpaired) electrons. The fourth-order valence-electron chi connectivity index (χ4n) is 1.67. The predicted molar refractivity (Wildman–Crippen MR) is 88.6 cm³/mol. The van der Waals surface area contributed by atoms with E-state index < -0.39 is 10.0 Å². The molecule has 6 heteroatoms. The van der Waals surface area contributed by atoms with Crippen LogP contribution < -0.4 is 4.72 Å². The van der Waals surface area contributed by atoms with E-state index in [4.69, 9.17) is 0 Å². The van der Waals surface area contributed by atoms with Gasteiger partial charge in [0.05, 0.1) is 0 Å². The number of nitrogens with one attached hydrogen (secondary N) is 1. The summed E-state index contributed by atoms with van der Waals surface area (Å²) in [5, 5.41) is 0. The zero-order valence-electron chi connectivity index (χ0n) is 10.9. The molecule has 0 aliphatic heterocycles. The van der Waals surface area contributed by atoms with Crippen LogP contribution in [0.1, 0.15) is 11.1 Å². The Kier molecular flexibility index (Phi) is 4.56. The van der Waals surface area contributed by atoms with Crippen LogP contribution in [0, 0.1) is 13.8 Å². The molecule has 2 aromatic carbocycles. The monoisotopic (exact) mass is 417 g/mol. The average molecular weight is 419 g/mol. The number of rotatable bonds is 3. The number of hydrogen-bond donors (Lipinski definition) is 1. The lowest BCUT2D eigenvalue weighted by molar-refractivity contribution is 0.600. The number of benzene rings is 2. The van der Waals surface area contributed by atoms with E-state index in [2.05, 4.69) is 36.6 Å². The lowest BCUT2D eigenvalue weighted by Crippen LogP contribution is -2.13. The molecule has 0 atom stereocenters. The van der Waals surface area contributed by atoms with Gasteiger partial charge in [0.15, 0.2) is 0 Å². The minimum atomic E-state index is -3.62. The molecule has 0 aliphatic rings. The number of aryl methyl sites for hydroxylation is 2. The molecular weight excluding hydrogens is 406 g/mol. The van der Waals surface area contributed by atoms with Gasteiger partial charge in [-0.2, -0.15) is 0 Å². The van der Waals surface area contributed by atoms with E-state index in [1.165, 1.54) is 0 Å². The van der Waals surface area contributed by atoms with Crippen molar-refractivity contribution in [2.75, 3.05) is 4.72 Å². The van der Waals surface area contributed by atoms with Crippen LogP contribution in [0.15, 0.2) is 50.2 Å². The van der Waals surface area contributed by atoms with Crippen molar-refractivity contribution in [3.05, 3.63) is 56.5 Å². The minimum absolute atomic E-state index is 0.204. The van der Waals surface area contributed by atoms with Crippen molar-refractivity contribution in [2.24, 2.45) is 0 Å². The van der Waals surface area contributed by atoms with Crippen LogP contribution in [0.3, 0.4) is 0 Å². The smallest absolute Gasteiger partial charge is 0.263 e. The van der Waals surface area contributed by atoms with Crippen LogP contribution in [0.25, 0.3) is 0 Å². The molecule has 2 aromatic rings. The summed E-state index contributed by atoms with van der Waals surface area (Å²) >= 11 is 6.66. The molecule has 0 unspecified atom stereocenters. The third-order valence-corrected chi connectivity index (χ3v) is 6.00. The second kappa shape index (κ2) is 5.87. The van der Waals surface area contributed by atoms with Crippen LogP contribution in [0.4, 0.5) is 5.69 Å². The Hall–Kier alpha value is -0.850. The summed E-state index contributed by atoms with van der Waals surface area (Å²) in [5.41, 5.74) is 2.58. The maximum atomic E-state index is 12.4. The van der Waals surface area contributed by atoms with Crippen LogP contribution in [-0.2, 0) is 10.0 Å². The lowest BCUT2D eigenvalue weighted by Gasteiger charge is -2.11. The summed E-state index contributed by atoms with van der Waals surface area (Å²) in [7, 11) is -3.62. The van der Waals surface area contributed by atoms with Crippen molar-refractivity contribution in [1.29, 1.82) is 0 Å². The Morgan fingerprint density at radius 2 is 1.55 bits per heavy atom. The second-order valence-corrected chi connectivity index (χ2v) is 7.86. The van der Waals surface area contributed by atoms with Gasteiger partial charge in [0.2, 0.25) is 0 Å². The molecule has 0 heterocycles. The molecule has 3 nitrogen and oxygen atoms in total. The van der Waals surface area contributed by atoms with Crippen molar-refractivity contribution in [1.82, 2.24) is 0 Å². The van der Waals surface area contributed by atoms with E-state index in [1.807, 2.05) is 26.0 Å². The lowest BCUT2D eigenvalue weighted by atomic mass is 10.2. The molecule has 0 saturated carbocycles. The Morgan fingerprint density at radius 3 is 2.15 bits per heavy atom. The van der Waals surface area contributed by atoms with Gasteiger partial charge in [0, 0.05) is 14.6 Å². The summed E-state index contributed by atoms with van der Waals surface area (Å²) in [4.78, 5) is 0.204. The van der Waals surface area contributed by atoms with Crippen molar-refractivity contribution in [3.63, 3.8) is 0 Å². The van der Waals surface area contributed by atoms with Crippen LogP contribution >= 0.6 is 31.9 Å². The largest absolute Gasteiger partial charge is 0.280 e. The first-order valence-corrected chi connectivity index (χ1v) is 8.91. The highest BCUT2D eigenvalue weighted by Gasteiger charge is 2.19. The molecule has 106 valence electrons. The summed E-state index contributed by atoms with van der Waals surface area (Å²) in [5.74, 6) is 0. The summed E-state index contributed by atoms with van der Waals surface area (Å²) < 4.78 is 28.7. The highest BCUT2D eigenvalue weighted by Crippen LogP contribution is 2.30. The Morgan fingerprint density at radius 1 is 0.950 bits per heavy atom. The highest BCUT2D eigenvalue weighted by atomic mass is 79.9. The first-order chi connectivity index (χ1) is 9.29. The number of hydrogen-bond acceptors (Lipinski definition) is 2. The quantitative estimate of drug-likeness (QED) is 0.789. The Bertz CT molecular complexity index is 741. The molecule has 2 rings (SSSR count). The first kappa shape index (κ1) is 15.5. The van der Waals surface area contributed by atoms with E-state index in [9.17, 15) is 8.42 Å². The zero-order valence-corrected chi connectivity index (χ0v) is 14.9. The second-order valence-electron chi connectivity index (χ2n) is 4.50. The summed E-state index contributed by atoms with van der Waals surface area (Å²) in [6, 6.07) is 10.6. The van der Waals surface area contributed by atoms with Gasteiger partial charge in [0.25, 0.3) is 10.0 Å². The maximum Gasteiger partial charge on any atom is 0.263 e. The summed E-state index contributed by atoms with van der Waals surface area (Å²) in [6.45, 7) is 3.85. The van der Waals surface area contributed by atoms with Crippen LogP contribution in [-0.4, -0.2) is 8.42 Å². The Balaban J connectivity index is 2.40. The minimum Gasteiger partial charge on any atom is -0.280 e. The predicted octanol–water partition coefficient (Wildman–Crippen LogP) is 4.63. The molecule has 20 heavy (non-hydrogen) atoms. The van der Waals surface area contributed by atoms with E-state index >= 15 is 0 Å². The van der Waals surface area contributed by atoms with Gasteiger partial charge >= 0.3 is 0 Å². The maximum absolute atomic E-state index is 12.4. The number of anilines is 1. The molecule has 0 fully saturated rings. The van der Waals surface area contributed by atoms with Crippen molar-refractivity contribution < 1.29 is 8.42 Å². The van der Waals surface area contributed by atoms with Crippen molar-refractivity contribution >= 4 is 47.6 Å². The highest BCUT2D eigenvalue weighted by molar-refractivity contribution is 9.11. The van der Waals surface area contributed by atoms with Gasteiger partial charge in [-0.05, 0) is 59.6 Å². The molecule has 0 saturated heterocycles. The standard InChI is InChI=1S/C14H13Br2NO2S/c1-9-3-5-11(6-4-9)17-20(18,19)14-8-12(15)10(2)7-13(14)16/h3-8,17H,1-2H3. The zero-order chi connectivity index (χ0) is 14.9. The van der Waals surface area contributed by atoms with E-state index in [0.717, 1.165) is 15.6 Å². The topological polar surface area (TPSA) is 46.2 Å². The van der Waals surface area contributed by atoms with Crippen molar-refractivity contribution in [2.45, 2.75) is 18.7 Å². The van der Waals surface area contributed by atoms with Gasteiger partial charge < -0.3 is 0 Å². The van der Waals surface area contributed by atoms with E-state index in [-0.39, 0.29) is 4.90 Å². The molecule has 0 amide bonds. The molecule has 1 N–H and O–H groups in total. The summed E-state index contributed by atoms with van der Waals surface area (Å²) in [6.07, 6.45) is 0. The molecular formula is C14H13Br2NO2S. The van der Waals surface area contributed by atoms with Crippen LogP contribution in [0.5, 0.6) is 0 Å². The van der Waals surface area contributed by atoms with Crippen LogP contribution in [0.2, 0.25) is 0 Å². The molecule has 0 aliphatic carbocycles. The third-order valence-electron chi connectivity index (χ3n) is 2.81. The van der Waals surface area contributed by atoms with E-state index in [1.54, 1.807) is 24.3 Å². The number of halogens is 2. The third kappa shape index (κ3) is 3.42. The SMILES string of the molecule is Cc1ccc(NS(=O)(=O)c2cc(Br)c(C)cc2Br)cc1. The molecule has 0 bridgehead atoms. The van der Waals surface area contributed by atoms with Crippen molar-refractivity contribution in [3.8, 4) is 0 Å². The van der Waals surface area contributed by atoms with E-state index in [0.29, 0.717) is 10.2 Å². The number of sulfonamides is 1. The molecule has 0 spiro atoms. The average Bonchev–Trinajstić information content (AvgIpc) is 2.36. The fourth-order valence-corrected chi connectivity index (χ4v) is 4.40. The first-order valence-electron chi connectivity index (χ1n) is 5.85.